The second-order valence-corrected chi connectivity index (χ2v) is 4.07. The van der Waals surface area contributed by atoms with Gasteiger partial charge in [0, 0.05) is 11.9 Å². The number of H-pyrrole nitrogens is 2. The lowest BCUT2D eigenvalue weighted by Gasteiger charge is -2.14. The van der Waals surface area contributed by atoms with E-state index in [1.54, 1.807) is 6.20 Å². The van der Waals surface area contributed by atoms with Gasteiger partial charge in [-0.15, -0.1) is 10.2 Å². The van der Waals surface area contributed by atoms with Gasteiger partial charge in [-0.3, -0.25) is 0 Å². The number of amides is 2. The number of urea groups is 1. The van der Waals surface area contributed by atoms with Gasteiger partial charge in [-0.25, -0.2) is 9.78 Å². The van der Waals surface area contributed by atoms with E-state index in [0.29, 0.717) is 5.82 Å². The highest BCUT2D eigenvalue weighted by Crippen LogP contribution is 2.12. The van der Waals surface area contributed by atoms with Crippen LogP contribution in [0, 0.1) is 6.92 Å². The summed E-state index contributed by atoms with van der Waals surface area (Å²) in [6, 6.07) is -0.454. The summed E-state index contributed by atoms with van der Waals surface area (Å²) in [6.07, 6.45) is 2.47. The molecule has 2 aromatic heterocycles. The van der Waals surface area contributed by atoms with Gasteiger partial charge in [-0.05, 0) is 13.3 Å². The molecule has 2 aromatic rings. The molecule has 2 rings (SSSR count). The van der Waals surface area contributed by atoms with E-state index in [1.165, 1.54) is 0 Å². The molecule has 0 bridgehead atoms. The third-order valence-corrected chi connectivity index (χ3v) is 2.56. The molecule has 1 unspecified atom stereocenters. The van der Waals surface area contributed by atoms with Crippen LogP contribution in [0.4, 0.5) is 4.79 Å². The van der Waals surface area contributed by atoms with Crippen molar-refractivity contribution >= 4 is 6.03 Å². The van der Waals surface area contributed by atoms with Crippen LogP contribution in [0.25, 0.3) is 0 Å². The summed E-state index contributed by atoms with van der Waals surface area (Å²) in [4.78, 5) is 19.1. The number of carbonyl (C=O) groups is 1. The molecule has 0 aliphatic rings. The minimum absolute atomic E-state index is 0.154. The lowest BCUT2D eigenvalue weighted by Crippen LogP contribution is -2.38. The van der Waals surface area contributed by atoms with Crippen LogP contribution in [-0.2, 0) is 6.54 Å². The van der Waals surface area contributed by atoms with Gasteiger partial charge < -0.3 is 15.6 Å². The van der Waals surface area contributed by atoms with Crippen molar-refractivity contribution in [3.8, 4) is 0 Å². The van der Waals surface area contributed by atoms with E-state index in [2.05, 4.69) is 41.2 Å². The van der Waals surface area contributed by atoms with Crippen LogP contribution in [0.15, 0.2) is 6.20 Å². The zero-order valence-electron chi connectivity index (χ0n) is 10.8. The highest BCUT2D eigenvalue weighted by molar-refractivity contribution is 5.74. The molecular formula is C10H16N8O. The number of hydrogen-bond acceptors (Lipinski definition) is 5. The molecular weight excluding hydrogens is 248 g/mol. The van der Waals surface area contributed by atoms with Gasteiger partial charge in [-0.2, -0.15) is 5.21 Å². The molecule has 2 amide bonds. The number of aromatic nitrogens is 6. The number of nitrogens with zero attached hydrogens (tertiary/aromatic N) is 4. The molecule has 0 fully saturated rings. The van der Waals surface area contributed by atoms with Crippen LogP contribution >= 0.6 is 0 Å². The van der Waals surface area contributed by atoms with E-state index >= 15 is 0 Å². The van der Waals surface area contributed by atoms with Gasteiger partial charge in [0.15, 0.2) is 5.82 Å². The zero-order valence-corrected chi connectivity index (χ0v) is 10.8. The van der Waals surface area contributed by atoms with Gasteiger partial charge in [0.1, 0.15) is 5.82 Å². The fraction of sp³-hybridized carbons (Fsp3) is 0.500. The van der Waals surface area contributed by atoms with Crippen LogP contribution in [-0.4, -0.2) is 36.6 Å². The molecule has 4 N–H and O–H groups in total. The van der Waals surface area contributed by atoms with E-state index in [9.17, 15) is 4.79 Å². The molecule has 9 nitrogen and oxygen atoms in total. The molecule has 2 heterocycles. The Morgan fingerprint density at radius 1 is 1.53 bits per heavy atom. The lowest BCUT2D eigenvalue weighted by atomic mass is 10.2. The molecule has 0 saturated heterocycles. The second kappa shape index (κ2) is 5.94. The fourth-order valence-corrected chi connectivity index (χ4v) is 1.60. The third-order valence-electron chi connectivity index (χ3n) is 2.56. The van der Waals surface area contributed by atoms with Gasteiger partial charge in [0.2, 0.25) is 0 Å². The van der Waals surface area contributed by atoms with Gasteiger partial charge >= 0.3 is 6.03 Å². The first-order valence-corrected chi connectivity index (χ1v) is 5.97. The Bertz CT molecular complexity index is 519. The summed E-state index contributed by atoms with van der Waals surface area (Å²) in [5.41, 5.74) is 0.961. The molecule has 0 spiro atoms. The minimum Gasteiger partial charge on any atom is -0.344 e. The summed E-state index contributed by atoms with van der Waals surface area (Å²) < 4.78 is 0. The summed E-state index contributed by atoms with van der Waals surface area (Å²) in [5.74, 6) is 1.17. The largest absolute Gasteiger partial charge is 0.344 e. The summed E-state index contributed by atoms with van der Waals surface area (Å²) in [5, 5.41) is 18.7. The fourth-order valence-electron chi connectivity index (χ4n) is 1.60. The van der Waals surface area contributed by atoms with Crippen LogP contribution in [0.3, 0.4) is 0 Å². The molecule has 0 aromatic carbocycles. The monoisotopic (exact) mass is 264 g/mol. The Morgan fingerprint density at radius 3 is 2.95 bits per heavy atom. The van der Waals surface area contributed by atoms with Crippen LogP contribution < -0.4 is 10.6 Å². The first-order valence-electron chi connectivity index (χ1n) is 5.97. The Labute approximate surface area is 109 Å². The van der Waals surface area contributed by atoms with E-state index in [1.807, 2.05) is 13.8 Å². The van der Waals surface area contributed by atoms with Crippen molar-refractivity contribution in [1.29, 1.82) is 0 Å². The van der Waals surface area contributed by atoms with Crippen molar-refractivity contribution in [2.75, 3.05) is 0 Å². The number of carbonyl (C=O) groups excluding carboxylic acids is 1. The molecule has 0 aliphatic carbocycles. The second-order valence-electron chi connectivity index (χ2n) is 4.07. The Balaban J connectivity index is 1.86. The normalized spacial score (nSPS) is 12.1. The van der Waals surface area contributed by atoms with E-state index < -0.39 is 0 Å². The smallest absolute Gasteiger partial charge is 0.315 e. The maximum absolute atomic E-state index is 11.7. The predicted octanol–water partition coefficient (Wildman–Crippen LogP) is 0.182. The average molecular weight is 264 g/mol. The Kier molecular flexibility index (Phi) is 4.06. The molecule has 102 valence electrons. The number of tetrazole rings is 1. The van der Waals surface area contributed by atoms with Crippen molar-refractivity contribution in [2.45, 2.75) is 32.9 Å². The van der Waals surface area contributed by atoms with Crippen molar-refractivity contribution < 1.29 is 4.79 Å². The molecule has 0 saturated carbocycles. The molecule has 0 radical (unpaired) electrons. The number of aryl methyl sites for hydroxylation is 1. The molecule has 1 atom stereocenters. The van der Waals surface area contributed by atoms with Crippen molar-refractivity contribution in [3.05, 3.63) is 23.5 Å². The quantitative estimate of drug-likeness (QED) is 0.613. The predicted molar refractivity (Wildman–Crippen MR) is 65.9 cm³/mol. The Hall–Kier alpha value is -2.45. The van der Waals surface area contributed by atoms with Crippen molar-refractivity contribution in [2.24, 2.45) is 0 Å². The topological polar surface area (TPSA) is 124 Å². The molecule has 9 heteroatoms. The molecule has 19 heavy (non-hydrogen) atoms. The summed E-state index contributed by atoms with van der Waals surface area (Å²) >= 11 is 0. The van der Waals surface area contributed by atoms with Gasteiger partial charge in [-0.1, -0.05) is 12.1 Å². The van der Waals surface area contributed by atoms with E-state index in [4.69, 9.17) is 0 Å². The van der Waals surface area contributed by atoms with Gasteiger partial charge in [0.25, 0.3) is 0 Å². The summed E-state index contributed by atoms with van der Waals surface area (Å²) in [7, 11) is 0. The SMILES string of the molecule is CCC(NC(=O)NCc1nn[nH]n1)c1ncc(C)[nH]1. The number of rotatable bonds is 5. The number of nitrogens with one attached hydrogen (secondary N) is 4. The maximum atomic E-state index is 11.7. The standard InChI is InChI=1S/C10H16N8O/c1-3-7(9-11-4-6(2)13-9)14-10(19)12-5-8-15-17-18-16-8/h4,7H,3,5H2,1-2H3,(H,11,13)(H2,12,14,19)(H,15,16,17,18). The van der Waals surface area contributed by atoms with Crippen LogP contribution in [0.2, 0.25) is 0 Å². The average Bonchev–Trinajstić information content (AvgIpc) is 3.04. The summed E-state index contributed by atoms with van der Waals surface area (Å²) in [6.45, 7) is 4.11. The highest BCUT2D eigenvalue weighted by atomic mass is 16.2. The number of imidazole rings is 1. The number of hydrogen-bond donors (Lipinski definition) is 4. The highest BCUT2D eigenvalue weighted by Gasteiger charge is 2.15. The first-order chi connectivity index (χ1) is 9.19. The lowest BCUT2D eigenvalue weighted by molar-refractivity contribution is 0.235. The molecule has 0 aliphatic heterocycles. The van der Waals surface area contributed by atoms with E-state index in [0.717, 1.165) is 17.9 Å². The van der Waals surface area contributed by atoms with E-state index in [-0.39, 0.29) is 18.6 Å². The third kappa shape index (κ3) is 3.50. The minimum atomic E-state index is -0.300. The maximum Gasteiger partial charge on any atom is 0.315 e. The van der Waals surface area contributed by atoms with Crippen LogP contribution in [0.5, 0.6) is 0 Å². The van der Waals surface area contributed by atoms with Gasteiger partial charge in [0.05, 0.1) is 12.6 Å². The Morgan fingerprint density at radius 2 is 2.37 bits per heavy atom. The number of aromatic amines is 2. The van der Waals surface area contributed by atoms with Crippen molar-refractivity contribution in [1.82, 2.24) is 41.2 Å². The van der Waals surface area contributed by atoms with Crippen LogP contribution in [0.1, 0.15) is 36.7 Å². The first kappa shape index (κ1) is 13.0. The van der Waals surface area contributed by atoms with Crippen molar-refractivity contribution in [3.63, 3.8) is 0 Å². The zero-order chi connectivity index (χ0) is 13.7.